The first-order valence-corrected chi connectivity index (χ1v) is 4.96. The number of hydrogen-bond acceptors (Lipinski definition) is 3. The Morgan fingerprint density at radius 2 is 1.92 bits per heavy atom. The first kappa shape index (κ1) is 11.0. The zero-order chi connectivity index (χ0) is 10.3. The van der Waals surface area contributed by atoms with Gasteiger partial charge in [-0.2, -0.15) is 5.06 Å². The predicted octanol–water partition coefficient (Wildman–Crippen LogP) is 1.47. The van der Waals surface area contributed by atoms with E-state index in [1.54, 1.807) is 0 Å². The summed E-state index contributed by atoms with van der Waals surface area (Å²) in [5, 5.41) is 14.7. The highest BCUT2D eigenvalue weighted by molar-refractivity contribution is 5.02. The van der Waals surface area contributed by atoms with Gasteiger partial charge in [0.1, 0.15) is 0 Å². The van der Waals surface area contributed by atoms with Gasteiger partial charge >= 0.3 is 0 Å². The second-order valence-electron chi connectivity index (χ2n) is 5.24. The van der Waals surface area contributed by atoms with Gasteiger partial charge in [-0.3, -0.25) is 0 Å². The fourth-order valence-corrected chi connectivity index (χ4v) is 2.46. The van der Waals surface area contributed by atoms with E-state index in [9.17, 15) is 5.21 Å². The summed E-state index contributed by atoms with van der Waals surface area (Å²) in [4.78, 5) is 0. The molecular formula is C10H22N2O. The Morgan fingerprint density at radius 3 is 2.23 bits per heavy atom. The number of hydrogen-bond donors (Lipinski definition) is 2. The van der Waals surface area contributed by atoms with Crippen molar-refractivity contribution in [2.45, 2.75) is 45.2 Å². The summed E-state index contributed by atoms with van der Waals surface area (Å²) in [6.45, 7) is 9.34. The Hall–Kier alpha value is -0.120. The third kappa shape index (κ3) is 1.73. The lowest BCUT2D eigenvalue weighted by Crippen LogP contribution is -2.48. The van der Waals surface area contributed by atoms with Crippen molar-refractivity contribution in [3.63, 3.8) is 0 Å². The van der Waals surface area contributed by atoms with Crippen LogP contribution in [0.15, 0.2) is 0 Å². The monoisotopic (exact) mass is 186 g/mol. The number of hydroxylamine groups is 2. The van der Waals surface area contributed by atoms with E-state index in [4.69, 9.17) is 0 Å². The largest absolute Gasteiger partial charge is 0.319 e. The summed E-state index contributed by atoms with van der Waals surface area (Å²) in [7, 11) is 1.96. The first-order valence-electron chi connectivity index (χ1n) is 4.96. The Bertz CT molecular complexity index is 189. The van der Waals surface area contributed by atoms with Crippen LogP contribution in [0.1, 0.15) is 34.1 Å². The second kappa shape index (κ2) is 3.23. The molecule has 13 heavy (non-hydrogen) atoms. The fraction of sp³-hybridized carbons (Fsp3) is 1.00. The molecule has 3 nitrogen and oxygen atoms in total. The number of rotatable bonds is 2. The summed E-state index contributed by atoms with van der Waals surface area (Å²) in [5.74, 6) is 0.512. The van der Waals surface area contributed by atoms with Gasteiger partial charge in [0.05, 0.1) is 0 Å². The van der Waals surface area contributed by atoms with Crippen molar-refractivity contribution in [1.29, 1.82) is 0 Å². The topological polar surface area (TPSA) is 35.5 Å². The Kier molecular flexibility index (Phi) is 2.72. The average molecular weight is 186 g/mol. The Labute approximate surface area is 81.1 Å². The van der Waals surface area contributed by atoms with E-state index >= 15 is 0 Å². The summed E-state index contributed by atoms with van der Waals surface area (Å²) >= 11 is 0. The molecule has 0 bridgehead atoms. The molecular weight excluding hydrogens is 164 g/mol. The highest BCUT2D eigenvalue weighted by Crippen LogP contribution is 2.42. The summed E-state index contributed by atoms with van der Waals surface area (Å²) < 4.78 is 0. The van der Waals surface area contributed by atoms with Crippen molar-refractivity contribution < 1.29 is 5.21 Å². The minimum absolute atomic E-state index is 0.0922. The van der Waals surface area contributed by atoms with Gasteiger partial charge in [-0.1, -0.05) is 0 Å². The molecule has 1 aliphatic rings. The molecule has 0 saturated carbocycles. The van der Waals surface area contributed by atoms with Gasteiger partial charge in [0.2, 0.25) is 0 Å². The van der Waals surface area contributed by atoms with Gasteiger partial charge in [0.15, 0.2) is 0 Å². The average Bonchev–Trinajstić information content (AvgIpc) is 2.14. The van der Waals surface area contributed by atoms with Crippen molar-refractivity contribution in [2.75, 3.05) is 13.6 Å². The van der Waals surface area contributed by atoms with Gasteiger partial charge in [-0.15, -0.1) is 0 Å². The second-order valence-corrected chi connectivity index (χ2v) is 5.24. The van der Waals surface area contributed by atoms with Crippen LogP contribution in [-0.4, -0.2) is 34.9 Å². The molecule has 0 aromatic carbocycles. The van der Waals surface area contributed by atoms with Crippen LogP contribution < -0.4 is 5.32 Å². The molecule has 0 aliphatic carbocycles. The lowest BCUT2D eigenvalue weighted by atomic mass is 9.87. The van der Waals surface area contributed by atoms with Crippen LogP contribution in [0.2, 0.25) is 0 Å². The van der Waals surface area contributed by atoms with Gasteiger partial charge in [0.25, 0.3) is 0 Å². The lowest BCUT2D eigenvalue weighted by Gasteiger charge is -2.36. The van der Waals surface area contributed by atoms with Crippen molar-refractivity contribution in [2.24, 2.45) is 5.92 Å². The molecule has 3 heteroatoms. The molecule has 1 heterocycles. The zero-order valence-corrected chi connectivity index (χ0v) is 9.39. The molecule has 1 saturated heterocycles. The quantitative estimate of drug-likeness (QED) is 0.685. The van der Waals surface area contributed by atoms with E-state index in [1.165, 1.54) is 5.06 Å². The van der Waals surface area contributed by atoms with Crippen molar-refractivity contribution in [1.82, 2.24) is 10.4 Å². The van der Waals surface area contributed by atoms with E-state index in [0.717, 1.165) is 13.0 Å². The van der Waals surface area contributed by atoms with E-state index in [2.05, 4.69) is 33.0 Å². The van der Waals surface area contributed by atoms with Crippen LogP contribution in [0, 0.1) is 5.92 Å². The molecule has 1 fully saturated rings. The highest BCUT2D eigenvalue weighted by Gasteiger charge is 2.50. The van der Waals surface area contributed by atoms with Crippen molar-refractivity contribution in [3.8, 4) is 0 Å². The van der Waals surface area contributed by atoms with E-state index in [0.29, 0.717) is 5.92 Å². The van der Waals surface area contributed by atoms with Crippen LogP contribution in [-0.2, 0) is 0 Å². The molecule has 0 aromatic heterocycles. The van der Waals surface area contributed by atoms with Crippen LogP contribution in [0.4, 0.5) is 0 Å². The van der Waals surface area contributed by atoms with Crippen molar-refractivity contribution >= 4 is 0 Å². The smallest absolute Gasteiger partial charge is 0.0451 e. The molecule has 0 amide bonds. The van der Waals surface area contributed by atoms with E-state index in [-0.39, 0.29) is 11.1 Å². The molecule has 1 unspecified atom stereocenters. The van der Waals surface area contributed by atoms with Gasteiger partial charge in [0, 0.05) is 11.1 Å². The Balaban J connectivity index is 2.80. The van der Waals surface area contributed by atoms with Crippen molar-refractivity contribution in [3.05, 3.63) is 0 Å². The highest BCUT2D eigenvalue weighted by atomic mass is 16.5. The molecule has 1 atom stereocenters. The molecule has 1 rings (SSSR count). The Morgan fingerprint density at radius 1 is 1.38 bits per heavy atom. The van der Waals surface area contributed by atoms with E-state index in [1.807, 2.05) is 7.05 Å². The van der Waals surface area contributed by atoms with Gasteiger partial charge < -0.3 is 10.5 Å². The van der Waals surface area contributed by atoms with Crippen LogP contribution in [0.25, 0.3) is 0 Å². The van der Waals surface area contributed by atoms with Gasteiger partial charge in [-0.25, -0.2) is 0 Å². The summed E-state index contributed by atoms with van der Waals surface area (Å²) in [5.41, 5.74) is -0.211. The molecule has 0 radical (unpaired) electrons. The minimum atomic E-state index is -0.119. The maximum atomic E-state index is 9.99. The molecule has 78 valence electrons. The maximum absolute atomic E-state index is 9.99. The number of nitrogens with zero attached hydrogens (tertiary/aromatic N) is 1. The summed E-state index contributed by atoms with van der Waals surface area (Å²) in [6.07, 6.45) is 1.04. The molecule has 1 aliphatic heterocycles. The third-order valence-electron chi connectivity index (χ3n) is 3.31. The molecule has 0 spiro atoms. The molecule has 0 aromatic rings. The van der Waals surface area contributed by atoms with E-state index < -0.39 is 0 Å². The normalized spacial score (nSPS) is 32.3. The zero-order valence-electron chi connectivity index (χ0n) is 9.39. The number of nitrogens with one attached hydrogen (secondary N) is 1. The van der Waals surface area contributed by atoms with Crippen LogP contribution in [0.5, 0.6) is 0 Å². The lowest BCUT2D eigenvalue weighted by molar-refractivity contribution is -0.196. The fourth-order valence-electron chi connectivity index (χ4n) is 2.46. The molecule has 2 N–H and O–H groups in total. The first-order chi connectivity index (χ1) is 5.82. The van der Waals surface area contributed by atoms with Crippen LogP contribution >= 0.6 is 0 Å². The summed E-state index contributed by atoms with van der Waals surface area (Å²) in [6, 6.07) is 0. The van der Waals surface area contributed by atoms with Gasteiger partial charge in [-0.05, 0) is 53.6 Å². The minimum Gasteiger partial charge on any atom is -0.319 e. The predicted molar refractivity (Wildman–Crippen MR) is 53.8 cm³/mol. The maximum Gasteiger partial charge on any atom is 0.0451 e. The SMILES string of the molecule is CNCC1CC(C)(C)N(O)C1(C)C. The standard InChI is InChI=1S/C10H22N2O/c1-9(2)6-8(7-11-5)10(3,4)12(9)13/h8,11,13H,6-7H2,1-5H3. The third-order valence-corrected chi connectivity index (χ3v) is 3.31. The van der Waals surface area contributed by atoms with Crippen LogP contribution in [0.3, 0.4) is 0 Å².